The van der Waals surface area contributed by atoms with Crippen LogP contribution in [0.4, 0.5) is 26.3 Å². The lowest BCUT2D eigenvalue weighted by molar-refractivity contribution is -0.274. The smallest absolute Gasteiger partial charge is 0.481 e. The van der Waals surface area contributed by atoms with Gasteiger partial charge in [0.1, 0.15) is 5.75 Å². The lowest BCUT2D eigenvalue weighted by Crippen LogP contribution is -2.17. The minimum absolute atomic E-state index is 0.0722. The molecule has 0 spiro atoms. The highest BCUT2D eigenvalue weighted by Crippen LogP contribution is 2.35. The first-order valence-electron chi connectivity index (χ1n) is 6.74. The molecule has 3 nitrogen and oxygen atoms in total. The molecule has 134 valence electrons. The lowest BCUT2D eigenvalue weighted by atomic mass is 9.95. The van der Waals surface area contributed by atoms with Gasteiger partial charge in [0.25, 0.3) is 0 Å². The van der Waals surface area contributed by atoms with Crippen molar-refractivity contribution in [3.63, 3.8) is 0 Å². The molecule has 0 aliphatic rings. The highest BCUT2D eigenvalue weighted by atomic mass is 19.4. The van der Waals surface area contributed by atoms with E-state index >= 15 is 0 Å². The van der Waals surface area contributed by atoms with Gasteiger partial charge in [-0.1, -0.05) is 18.2 Å². The molecule has 0 aliphatic carbocycles. The Labute approximate surface area is 137 Å². The molecule has 2 rings (SSSR count). The number of carbonyl (C=O) groups is 1. The number of carboxylic acids is 1. The SMILES string of the molecule is O=C(O)Cc1cc(C(F)(F)F)ccc1-c1cccc(OC(F)(F)F)c1. The van der Waals surface area contributed by atoms with E-state index in [0.717, 1.165) is 24.3 Å². The molecule has 0 radical (unpaired) electrons. The molecule has 0 saturated carbocycles. The van der Waals surface area contributed by atoms with Crippen molar-refractivity contribution in [2.75, 3.05) is 0 Å². The van der Waals surface area contributed by atoms with Crippen molar-refractivity contribution in [1.82, 2.24) is 0 Å². The van der Waals surface area contributed by atoms with Crippen LogP contribution in [0.3, 0.4) is 0 Å². The van der Waals surface area contributed by atoms with Crippen molar-refractivity contribution in [1.29, 1.82) is 0 Å². The van der Waals surface area contributed by atoms with Gasteiger partial charge in [-0.05, 0) is 41.0 Å². The van der Waals surface area contributed by atoms with Crippen molar-refractivity contribution >= 4 is 5.97 Å². The van der Waals surface area contributed by atoms with E-state index in [2.05, 4.69) is 4.74 Å². The second-order valence-corrected chi connectivity index (χ2v) is 5.02. The van der Waals surface area contributed by atoms with Crippen LogP contribution in [0, 0.1) is 0 Å². The number of aliphatic carboxylic acids is 1. The maximum atomic E-state index is 12.8. The van der Waals surface area contributed by atoms with Crippen LogP contribution in [0.1, 0.15) is 11.1 Å². The molecule has 2 aromatic carbocycles. The number of carboxylic acid groups (broad SMARTS) is 1. The third-order valence-corrected chi connectivity index (χ3v) is 3.15. The van der Waals surface area contributed by atoms with Crippen molar-refractivity contribution in [3.8, 4) is 16.9 Å². The Morgan fingerprint density at radius 3 is 2.24 bits per heavy atom. The molecule has 25 heavy (non-hydrogen) atoms. The highest BCUT2D eigenvalue weighted by molar-refractivity contribution is 5.77. The minimum Gasteiger partial charge on any atom is -0.481 e. The Morgan fingerprint density at radius 1 is 1.00 bits per heavy atom. The third kappa shape index (κ3) is 5.13. The molecule has 0 heterocycles. The summed E-state index contributed by atoms with van der Waals surface area (Å²) >= 11 is 0. The van der Waals surface area contributed by atoms with E-state index in [4.69, 9.17) is 5.11 Å². The van der Waals surface area contributed by atoms with E-state index in [1.807, 2.05) is 0 Å². The van der Waals surface area contributed by atoms with Gasteiger partial charge in [-0.25, -0.2) is 0 Å². The van der Waals surface area contributed by atoms with E-state index in [0.29, 0.717) is 6.07 Å². The average molecular weight is 364 g/mol. The maximum Gasteiger partial charge on any atom is 0.573 e. The van der Waals surface area contributed by atoms with Crippen LogP contribution in [0.5, 0.6) is 5.75 Å². The molecule has 0 aromatic heterocycles. The number of hydrogen-bond acceptors (Lipinski definition) is 2. The Balaban J connectivity index is 2.51. The van der Waals surface area contributed by atoms with Gasteiger partial charge in [0.15, 0.2) is 0 Å². The Kier molecular flexibility index (Phi) is 4.96. The zero-order chi connectivity index (χ0) is 18.8. The molecular weight excluding hydrogens is 354 g/mol. The van der Waals surface area contributed by atoms with Crippen LogP contribution in [-0.2, 0) is 17.4 Å². The predicted molar refractivity (Wildman–Crippen MR) is 74.9 cm³/mol. The molecule has 0 atom stereocenters. The Bertz CT molecular complexity index is 780. The van der Waals surface area contributed by atoms with Gasteiger partial charge in [-0.15, -0.1) is 13.2 Å². The van der Waals surface area contributed by atoms with E-state index < -0.39 is 36.2 Å². The van der Waals surface area contributed by atoms with Gasteiger partial charge >= 0.3 is 18.5 Å². The van der Waals surface area contributed by atoms with Gasteiger partial charge < -0.3 is 9.84 Å². The first-order valence-corrected chi connectivity index (χ1v) is 6.74. The first-order chi connectivity index (χ1) is 11.5. The molecule has 9 heteroatoms. The maximum absolute atomic E-state index is 12.8. The molecule has 0 bridgehead atoms. The predicted octanol–water partition coefficient (Wildman–Crippen LogP) is 4.90. The van der Waals surface area contributed by atoms with Crippen molar-refractivity contribution in [2.45, 2.75) is 19.0 Å². The number of benzene rings is 2. The van der Waals surface area contributed by atoms with E-state index in [1.165, 1.54) is 12.1 Å². The standard InChI is InChI=1S/C16H10F6O3/c17-15(18,19)11-4-5-13(10(6-11)8-14(23)24)9-2-1-3-12(7-9)25-16(20,21)22/h1-7H,8H2,(H,23,24). The molecule has 0 saturated heterocycles. The van der Waals surface area contributed by atoms with Crippen LogP contribution in [0.25, 0.3) is 11.1 Å². The van der Waals surface area contributed by atoms with Crippen molar-refractivity contribution in [3.05, 3.63) is 53.6 Å². The summed E-state index contributed by atoms with van der Waals surface area (Å²) in [6.07, 6.45) is -10.3. The Morgan fingerprint density at radius 2 is 1.68 bits per heavy atom. The topological polar surface area (TPSA) is 46.5 Å². The number of ether oxygens (including phenoxy) is 1. The Hall–Kier alpha value is -2.71. The van der Waals surface area contributed by atoms with Crippen LogP contribution in [0.15, 0.2) is 42.5 Å². The van der Waals surface area contributed by atoms with Crippen molar-refractivity contribution < 1.29 is 41.0 Å². The van der Waals surface area contributed by atoms with E-state index in [9.17, 15) is 31.1 Å². The average Bonchev–Trinajstić information content (AvgIpc) is 2.44. The first kappa shape index (κ1) is 18.6. The minimum atomic E-state index is -4.93. The number of alkyl halides is 6. The monoisotopic (exact) mass is 364 g/mol. The normalized spacial score (nSPS) is 12.1. The van der Waals surface area contributed by atoms with Crippen LogP contribution in [-0.4, -0.2) is 17.4 Å². The van der Waals surface area contributed by atoms with Crippen LogP contribution in [0.2, 0.25) is 0 Å². The van der Waals surface area contributed by atoms with Crippen LogP contribution >= 0.6 is 0 Å². The fourth-order valence-corrected chi connectivity index (χ4v) is 2.22. The number of hydrogen-bond donors (Lipinski definition) is 1. The molecule has 0 unspecified atom stereocenters. The second-order valence-electron chi connectivity index (χ2n) is 5.02. The summed E-state index contributed by atoms with van der Waals surface area (Å²) in [4.78, 5) is 10.9. The van der Waals surface area contributed by atoms with Gasteiger partial charge in [0, 0.05) is 0 Å². The summed E-state index contributed by atoms with van der Waals surface area (Å²) in [6.45, 7) is 0. The molecule has 1 N–H and O–H groups in total. The van der Waals surface area contributed by atoms with Gasteiger partial charge in [-0.3, -0.25) is 4.79 Å². The highest BCUT2D eigenvalue weighted by Gasteiger charge is 2.32. The van der Waals surface area contributed by atoms with Crippen molar-refractivity contribution in [2.24, 2.45) is 0 Å². The van der Waals surface area contributed by atoms with Crippen LogP contribution < -0.4 is 4.74 Å². The quantitative estimate of drug-likeness (QED) is 0.785. The van der Waals surface area contributed by atoms with Gasteiger partial charge in [-0.2, -0.15) is 13.2 Å². The lowest BCUT2D eigenvalue weighted by Gasteiger charge is -2.14. The van der Waals surface area contributed by atoms with Gasteiger partial charge in [0.2, 0.25) is 0 Å². The molecular formula is C16H10F6O3. The third-order valence-electron chi connectivity index (χ3n) is 3.15. The number of halogens is 6. The fraction of sp³-hybridized carbons (Fsp3) is 0.188. The summed E-state index contributed by atoms with van der Waals surface area (Å²) < 4.78 is 79.0. The fourth-order valence-electron chi connectivity index (χ4n) is 2.22. The second kappa shape index (κ2) is 6.66. The molecule has 0 fully saturated rings. The molecule has 0 amide bonds. The summed E-state index contributed by atoms with van der Waals surface area (Å²) in [6, 6.07) is 6.99. The summed E-state index contributed by atoms with van der Waals surface area (Å²) in [5.41, 5.74) is -1.04. The summed E-state index contributed by atoms with van der Waals surface area (Å²) in [5, 5.41) is 8.88. The largest absolute Gasteiger partial charge is 0.573 e. The molecule has 2 aromatic rings. The summed E-state index contributed by atoms with van der Waals surface area (Å²) in [7, 11) is 0. The zero-order valence-electron chi connectivity index (χ0n) is 12.3. The van der Waals surface area contributed by atoms with E-state index in [-0.39, 0.29) is 16.7 Å². The number of rotatable bonds is 4. The van der Waals surface area contributed by atoms with E-state index in [1.54, 1.807) is 0 Å². The zero-order valence-corrected chi connectivity index (χ0v) is 12.3. The van der Waals surface area contributed by atoms with Gasteiger partial charge in [0.05, 0.1) is 12.0 Å². The summed E-state index contributed by atoms with van der Waals surface area (Å²) in [5.74, 6) is -1.94. The molecule has 0 aliphatic heterocycles.